The van der Waals surface area contributed by atoms with Gasteiger partial charge in [-0.1, -0.05) is 29.5 Å². The van der Waals surface area contributed by atoms with Gasteiger partial charge >= 0.3 is 0 Å². The highest BCUT2D eigenvalue weighted by Gasteiger charge is 2.10. The van der Waals surface area contributed by atoms with Gasteiger partial charge in [-0.2, -0.15) is 4.98 Å². The highest BCUT2D eigenvalue weighted by Crippen LogP contribution is 2.27. The van der Waals surface area contributed by atoms with E-state index in [1.807, 2.05) is 38.3 Å². The summed E-state index contributed by atoms with van der Waals surface area (Å²) in [6.45, 7) is 3.98. The van der Waals surface area contributed by atoms with Gasteiger partial charge in [-0.25, -0.2) is 4.98 Å². The minimum Gasteiger partial charge on any atom is -0.438 e. The van der Waals surface area contributed by atoms with Gasteiger partial charge in [-0.05, 0) is 31.7 Å². The number of aldehydes is 1. The standard InChI is InChI=1S/C14H14N2O2S/c1-9-4-5-12(10(2)6-9)18-13-11(8-17)7-15-14(16-13)19-3/h4-8H,1-3H3. The Balaban J connectivity index is 2.38. The van der Waals surface area contributed by atoms with Gasteiger partial charge in [0.2, 0.25) is 5.88 Å². The summed E-state index contributed by atoms with van der Waals surface area (Å²) in [7, 11) is 0. The lowest BCUT2D eigenvalue weighted by Crippen LogP contribution is -1.98. The molecule has 1 aromatic carbocycles. The van der Waals surface area contributed by atoms with Crippen molar-refractivity contribution in [2.24, 2.45) is 0 Å². The molecule has 0 saturated carbocycles. The second kappa shape index (κ2) is 5.84. The highest BCUT2D eigenvalue weighted by atomic mass is 32.2. The van der Waals surface area contributed by atoms with E-state index in [9.17, 15) is 4.79 Å². The molecular weight excluding hydrogens is 260 g/mol. The van der Waals surface area contributed by atoms with Crippen molar-refractivity contribution in [1.82, 2.24) is 9.97 Å². The van der Waals surface area contributed by atoms with Crippen molar-refractivity contribution < 1.29 is 9.53 Å². The Morgan fingerprint density at radius 2 is 2.11 bits per heavy atom. The Morgan fingerprint density at radius 3 is 2.74 bits per heavy atom. The van der Waals surface area contributed by atoms with E-state index < -0.39 is 0 Å². The van der Waals surface area contributed by atoms with Crippen LogP contribution in [0.3, 0.4) is 0 Å². The maximum Gasteiger partial charge on any atom is 0.233 e. The maximum absolute atomic E-state index is 11.0. The summed E-state index contributed by atoms with van der Waals surface area (Å²) in [4.78, 5) is 19.3. The predicted octanol–water partition coefficient (Wildman–Crippen LogP) is 3.42. The summed E-state index contributed by atoms with van der Waals surface area (Å²) in [5.41, 5.74) is 2.51. The van der Waals surface area contributed by atoms with Gasteiger partial charge in [0, 0.05) is 6.20 Å². The quantitative estimate of drug-likeness (QED) is 0.486. The lowest BCUT2D eigenvalue weighted by atomic mass is 10.1. The minimum atomic E-state index is 0.293. The summed E-state index contributed by atoms with van der Waals surface area (Å²) in [5, 5.41) is 0.574. The maximum atomic E-state index is 11.0. The van der Waals surface area contributed by atoms with Crippen LogP contribution in [0.1, 0.15) is 21.5 Å². The second-order valence-corrected chi connectivity index (χ2v) is 4.88. The van der Waals surface area contributed by atoms with Gasteiger partial charge in [0.15, 0.2) is 11.4 Å². The molecule has 98 valence electrons. The Bertz CT molecular complexity index is 614. The molecule has 1 heterocycles. The summed E-state index contributed by atoms with van der Waals surface area (Å²) < 4.78 is 5.73. The molecule has 0 aliphatic heterocycles. The number of thioether (sulfide) groups is 1. The van der Waals surface area contributed by atoms with Crippen LogP contribution >= 0.6 is 11.8 Å². The molecule has 0 bridgehead atoms. The summed E-state index contributed by atoms with van der Waals surface area (Å²) >= 11 is 1.40. The van der Waals surface area contributed by atoms with Gasteiger partial charge < -0.3 is 4.74 Å². The Labute approximate surface area is 116 Å². The SMILES string of the molecule is CSc1ncc(C=O)c(Oc2ccc(C)cc2C)n1. The van der Waals surface area contributed by atoms with Crippen LogP contribution < -0.4 is 4.74 Å². The first kappa shape index (κ1) is 13.5. The van der Waals surface area contributed by atoms with E-state index in [-0.39, 0.29) is 0 Å². The third-order valence-corrected chi connectivity index (χ3v) is 3.17. The van der Waals surface area contributed by atoms with E-state index in [0.717, 1.165) is 11.1 Å². The first-order valence-electron chi connectivity index (χ1n) is 5.75. The second-order valence-electron chi connectivity index (χ2n) is 4.11. The van der Waals surface area contributed by atoms with Crippen LogP contribution in [0.5, 0.6) is 11.6 Å². The van der Waals surface area contributed by atoms with Crippen LogP contribution in [0.25, 0.3) is 0 Å². The molecule has 0 N–H and O–H groups in total. The molecule has 0 atom stereocenters. The molecule has 0 saturated heterocycles. The van der Waals surface area contributed by atoms with Gasteiger partial charge in [0.05, 0.1) is 5.56 Å². The summed E-state index contributed by atoms with van der Waals surface area (Å²) in [6.07, 6.45) is 4.05. The molecule has 0 spiro atoms. The Morgan fingerprint density at radius 1 is 1.32 bits per heavy atom. The van der Waals surface area contributed by atoms with Crippen LogP contribution in [-0.4, -0.2) is 22.5 Å². The van der Waals surface area contributed by atoms with Crippen molar-refractivity contribution in [2.75, 3.05) is 6.26 Å². The molecule has 2 rings (SSSR count). The van der Waals surface area contributed by atoms with Crippen molar-refractivity contribution in [3.8, 4) is 11.6 Å². The monoisotopic (exact) mass is 274 g/mol. The molecule has 0 radical (unpaired) electrons. The molecule has 4 nitrogen and oxygen atoms in total. The number of aryl methyl sites for hydroxylation is 2. The van der Waals surface area contributed by atoms with Crippen molar-refractivity contribution in [1.29, 1.82) is 0 Å². The van der Waals surface area contributed by atoms with E-state index >= 15 is 0 Å². The number of nitrogens with zero attached hydrogens (tertiary/aromatic N) is 2. The van der Waals surface area contributed by atoms with E-state index in [2.05, 4.69) is 9.97 Å². The van der Waals surface area contributed by atoms with E-state index in [1.54, 1.807) is 0 Å². The molecule has 0 aliphatic rings. The Hall–Kier alpha value is -1.88. The zero-order chi connectivity index (χ0) is 13.8. The first-order valence-corrected chi connectivity index (χ1v) is 6.98. The number of hydrogen-bond donors (Lipinski definition) is 0. The molecular formula is C14H14N2O2S. The average Bonchev–Trinajstić information content (AvgIpc) is 2.41. The van der Waals surface area contributed by atoms with Crippen LogP contribution in [0.2, 0.25) is 0 Å². The average molecular weight is 274 g/mol. The fraction of sp³-hybridized carbons (Fsp3) is 0.214. The molecule has 2 aromatic rings. The third-order valence-electron chi connectivity index (χ3n) is 2.60. The first-order chi connectivity index (χ1) is 9.13. The summed E-state index contributed by atoms with van der Waals surface area (Å²) in [6, 6.07) is 5.85. The molecule has 0 unspecified atom stereocenters. The Kier molecular flexibility index (Phi) is 4.16. The molecule has 1 aromatic heterocycles. The normalized spacial score (nSPS) is 10.3. The minimum absolute atomic E-state index is 0.293. The largest absolute Gasteiger partial charge is 0.438 e. The number of rotatable bonds is 4. The van der Waals surface area contributed by atoms with E-state index in [0.29, 0.717) is 28.6 Å². The van der Waals surface area contributed by atoms with E-state index in [1.165, 1.54) is 18.0 Å². The van der Waals surface area contributed by atoms with Crippen molar-refractivity contribution in [3.63, 3.8) is 0 Å². The van der Waals surface area contributed by atoms with Crippen LogP contribution in [0.15, 0.2) is 29.6 Å². The van der Waals surface area contributed by atoms with Crippen LogP contribution in [0.4, 0.5) is 0 Å². The molecule has 5 heteroatoms. The molecule has 0 amide bonds. The predicted molar refractivity (Wildman–Crippen MR) is 75.2 cm³/mol. The number of hydrogen-bond acceptors (Lipinski definition) is 5. The fourth-order valence-electron chi connectivity index (χ4n) is 1.64. The fourth-order valence-corrected chi connectivity index (χ4v) is 1.97. The third kappa shape index (κ3) is 3.12. The zero-order valence-electron chi connectivity index (χ0n) is 11.0. The smallest absolute Gasteiger partial charge is 0.233 e. The van der Waals surface area contributed by atoms with Crippen molar-refractivity contribution in [2.45, 2.75) is 19.0 Å². The van der Waals surface area contributed by atoms with Crippen LogP contribution in [-0.2, 0) is 0 Å². The number of benzene rings is 1. The topological polar surface area (TPSA) is 52.1 Å². The van der Waals surface area contributed by atoms with Crippen molar-refractivity contribution in [3.05, 3.63) is 41.1 Å². The van der Waals surface area contributed by atoms with Gasteiger partial charge in [-0.15, -0.1) is 0 Å². The van der Waals surface area contributed by atoms with Gasteiger partial charge in [0.1, 0.15) is 5.75 Å². The molecule has 0 aliphatic carbocycles. The highest BCUT2D eigenvalue weighted by molar-refractivity contribution is 7.98. The zero-order valence-corrected chi connectivity index (χ0v) is 11.8. The number of ether oxygens (including phenoxy) is 1. The van der Waals surface area contributed by atoms with Crippen molar-refractivity contribution >= 4 is 18.0 Å². The molecule has 0 fully saturated rings. The number of carbonyl (C=O) groups is 1. The van der Waals surface area contributed by atoms with E-state index in [4.69, 9.17) is 4.74 Å². The lowest BCUT2D eigenvalue weighted by molar-refractivity contribution is 0.112. The molecule has 19 heavy (non-hydrogen) atoms. The van der Waals surface area contributed by atoms with Crippen LogP contribution in [0, 0.1) is 13.8 Å². The number of aromatic nitrogens is 2. The number of carbonyl (C=O) groups excluding carboxylic acids is 1. The lowest BCUT2D eigenvalue weighted by Gasteiger charge is -2.10. The van der Waals surface area contributed by atoms with Gasteiger partial charge in [0.25, 0.3) is 0 Å². The van der Waals surface area contributed by atoms with Gasteiger partial charge in [-0.3, -0.25) is 4.79 Å². The summed E-state index contributed by atoms with van der Waals surface area (Å²) in [5.74, 6) is 0.987.